The summed E-state index contributed by atoms with van der Waals surface area (Å²) in [6.07, 6.45) is 0. The maximum absolute atomic E-state index is 10.4. The third-order valence-electron chi connectivity index (χ3n) is 1.40. The van der Waals surface area contributed by atoms with Crippen molar-refractivity contribution in [2.75, 3.05) is 0 Å². The van der Waals surface area contributed by atoms with Gasteiger partial charge in [-0.2, -0.15) is 0 Å². The predicted octanol–water partition coefficient (Wildman–Crippen LogP) is 2.92. The number of nitrogens with zero attached hydrogens (tertiary/aromatic N) is 2. The van der Waals surface area contributed by atoms with Crippen LogP contribution in [-0.4, -0.2) is 9.85 Å². The molecule has 1 aromatic rings. The Morgan fingerprint density at radius 1 is 1.21 bits per heavy atom. The summed E-state index contributed by atoms with van der Waals surface area (Å²) in [5.74, 6) is 0. The molecule has 0 amide bonds. The first-order valence-corrected chi connectivity index (χ1v) is 4.38. The number of rotatable bonds is 2. The van der Waals surface area contributed by atoms with E-state index in [2.05, 4.69) is 15.9 Å². The minimum absolute atomic E-state index is 0.125. The number of hydrogen-bond acceptors (Lipinski definition) is 4. The summed E-state index contributed by atoms with van der Waals surface area (Å²) in [6, 6.07) is 1.92. The topological polar surface area (TPSA) is 86.3 Å². The summed E-state index contributed by atoms with van der Waals surface area (Å²) in [4.78, 5) is 19.3. The van der Waals surface area contributed by atoms with Crippen molar-refractivity contribution < 1.29 is 9.85 Å². The Morgan fingerprint density at radius 2 is 1.79 bits per heavy atom. The number of hydrogen-bond donors (Lipinski definition) is 0. The molecule has 0 radical (unpaired) electrons. The van der Waals surface area contributed by atoms with E-state index in [1.807, 2.05) is 0 Å². The molecule has 0 saturated carbocycles. The summed E-state index contributed by atoms with van der Waals surface area (Å²) < 4.78 is 0.125. The van der Waals surface area contributed by atoms with E-state index in [1.54, 1.807) is 0 Å². The largest absolute Gasteiger partial charge is 0.295 e. The van der Waals surface area contributed by atoms with Gasteiger partial charge in [-0.1, -0.05) is 11.6 Å². The SMILES string of the molecule is O=[N+]([O-])c1cc(Br)c(Cl)c([N+](=O)[O-])c1. The molecule has 0 bridgehead atoms. The maximum Gasteiger partial charge on any atom is 0.295 e. The lowest BCUT2D eigenvalue weighted by molar-refractivity contribution is -0.394. The summed E-state index contributed by atoms with van der Waals surface area (Å²) in [7, 11) is 0. The highest BCUT2D eigenvalue weighted by Gasteiger charge is 2.21. The van der Waals surface area contributed by atoms with Gasteiger partial charge in [-0.15, -0.1) is 0 Å². The zero-order valence-corrected chi connectivity index (χ0v) is 8.78. The molecule has 1 rings (SSSR count). The lowest BCUT2D eigenvalue weighted by Crippen LogP contribution is -1.94. The highest BCUT2D eigenvalue weighted by molar-refractivity contribution is 9.10. The molecule has 0 fully saturated rings. The molecule has 0 aliphatic heterocycles. The molecule has 0 atom stereocenters. The van der Waals surface area contributed by atoms with Crippen molar-refractivity contribution in [2.24, 2.45) is 0 Å². The molecular formula is C6H2BrClN2O4. The Hall–Kier alpha value is -1.21. The molecular weight excluding hydrogens is 279 g/mol. The standard InChI is InChI=1S/C6H2BrClN2O4/c7-4-1-3(9(11)12)2-5(6(4)8)10(13)14/h1-2H. The van der Waals surface area contributed by atoms with Gasteiger partial charge in [-0.3, -0.25) is 20.2 Å². The molecule has 0 spiro atoms. The number of benzene rings is 1. The Bertz CT molecular complexity index is 423. The minimum Gasteiger partial charge on any atom is -0.258 e. The van der Waals surface area contributed by atoms with Gasteiger partial charge in [0.2, 0.25) is 0 Å². The summed E-state index contributed by atoms with van der Waals surface area (Å²) in [6.45, 7) is 0. The van der Waals surface area contributed by atoms with Gasteiger partial charge < -0.3 is 0 Å². The minimum atomic E-state index is -0.778. The monoisotopic (exact) mass is 280 g/mol. The third-order valence-corrected chi connectivity index (χ3v) is 2.65. The highest BCUT2D eigenvalue weighted by atomic mass is 79.9. The molecule has 6 nitrogen and oxygen atoms in total. The van der Waals surface area contributed by atoms with Gasteiger partial charge in [0.25, 0.3) is 11.4 Å². The zero-order valence-electron chi connectivity index (χ0n) is 6.44. The van der Waals surface area contributed by atoms with Crippen LogP contribution in [0.4, 0.5) is 11.4 Å². The molecule has 0 saturated heterocycles. The van der Waals surface area contributed by atoms with E-state index >= 15 is 0 Å². The van der Waals surface area contributed by atoms with Gasteiger partial charge in [-0.25, -0.2) is 0 Å². The van der Waals surface area contributed by atoms with Crippen molar-refractivity contribution in [1.82, 2.24) is 0 Å². The molecule has 0 aliphatic carbocycles. The number of halogens is 2. The van der Waals surface area contributed by atoms with E-state index in [0.717, 1.165) is 12.1 Å². The van der Waals surface area contributed by atoms with Crippen LogP contribution in [0.15, 0.2) is 16.6 Å². The second-order valence-electron chi connectivity index (χ2n) is 2.27. The van der Waals surface area contributed by atoms with E-state index in [1.165, 1.54) is 0 Å². The lowest BCUT2D eigenvalue weighted by atomic mass is 10.3. The first-order valence-electron chi connectivity index (χ1n) is 3.21. The molecule has 0 unspecified atom stereocenters. The Labute approximate surface area is 90.9 Å². The third kappa shape index (κ3) is 1.99. The van der Waals surface area contributed by atoms with Crippen molar-refractivity contribution >= 4 is 38.9 Å². The zero-order chi connectivity index (χ0) is 10.9. The molecule has 0 aromatic heterocycles. The van der Waals surface area contributed by atoms with E-state index in [-0.39, 0.29) is 15.2 Å². The summed E-state index contributed by atoms with van der Waals surface area (Å²) in [5.41, 5.74) is -0.874. The van der Waals surface area contributed by atoms with E-state index in [9.17, 15) is 20.2 Å². The van der Waals surface area contributed by atoms with Gasteiger partial charge in [-0.05, 0) is 15.9 Å². The quantitative estimate of drug-likeness (QED) is 0.616. The van der Waals surface area contributed by atoms with Crippen molar-refractivity contribution in [3.8, 4) is 0 Å². The van der Waals surface area contributed by atoms with Crippen LogP contribution in [0.1, 0.15) is 0 Å². The average molecular weight is 281 g/mol. The highest BCUT2D eigenvalue weighted by Crippen LogP contribution is 2.35. The van der Waals surface area contributed by atoms with E-state index < -0.39 is 15.5 Å². The summed E-state index contributed by atoms with van der Waals surface area (Å²) >= 11 is 8.45. The van der Waals surface area contributed by atoms with Gasteiger partial charge in [0.1, 0.15) is 5.02 Å². The van der Waals surface area contributed by atoms with Gasteiger partial charge in [0, 0.05) is 10.5 Å². The molecule has 1 aromatic carbocycles. The molecule has 0 heterocycles. The van der Waals surface area contributed by atoms with Crippen LogP contribution in [0, 0.1) is 20.2 Å². The smallest absolute Gasteiger partial charge is 0.258 e. The van der Waals surface area contributed by atoms with Crippen molar-refractivity contribution in [2.45, 2.75) is 0 Å². The molecule has 0 aliphatic rings. The maximum atomic E-state index is 10.4. The number of nitro benzene ring substituents is 2. The van der Waals surface area contributed by atoms with Crippen molar-refractivity contribution in [3.05, 3.63) is 41.9 Å². The van der Waals surface area contributed by atoms with Gasteiger partial charge in [0.05, 0.1) is 15.9 Å². The second kappa shape index (κ2) is 3.89. The Balaban J connectivity index is 3.43. The summed E-state index contributed by atoms with van der Waals surface area (Å²) in [5, 5.41) is 20.6. The van der Waals surface area contributed by atoms with Crippen LogP contribution in [0.3, 0.4) is 0 Å². The fraction of sp³-hybridized carbons (Fsp3) is 0. The number of non-ortho nitro benzene ring substituents is 1. The van der Waals surface area contributed by atoms with Crippen LogP contribution >= 0.6 is 27.5 Å². The van der Waals surface area contributed by atoms with Gasteiger partial charge >= 0.3 is 0 Å². The van der Waals surface area contributed by atoms with Crippen molar-refractivity contribution in [3.63, 3.8) is 0 Å². The van der Waals surface area contributed by atoms with Crippen LogP contribution in [-0.2, 0) is 0 Å². The first kappa shape index (κ1) is 10.9. The van der Waals surface area contributed by atoms with Crippen LogP contribution < -0.4 is 0 Å². The van der Waals surface area contributed by atoms with Gasteiger partial charge in [0.15, 0.2) is 0 Å². The Morgan fingerprint density at radius 3 is 2.21 bits per heavy atom. The lowest BCUT2D eigenvalue weighted by Gasteiger charge is -1.97. The second-order valence-corrected chi connectivity index (χ2v) is 3.51. The fourth-order valence-corrected chi connectivity index (χ4v) is 1.41. The molecule has 74 valence electrons. The van der Waals surface area contributed by atoms with Crippen molar-refractivity contribution in [1.29, 1.82) is 0 Å². The van der Waals surface area contributed by atoms with Crippen LogP contribution in [0.2, 0.25) is 5.02 Å². The first-order chi connectivity index (χ1) is 6.43. The predicted molar refractivity (Wildman–Crippen MR) is 52.5 cm³/mol. The normalized spacial score (nSPS) is 9.86. The molecule has 8 heteroatoms. The van der Waals surface area contributed by atoms with E-state index in [0.29, 0.717) is 0 Å². The molecule has 14 heavy (non-hydrogen) atoms. The fourth-order valence-electron chi connectivity index (χ4n) is 0.799. The van der Waals surface area contributed by atoms with Crippen LogP contribution in [0.5, 0.6) is 0 Å². The average Bonchev–Trinajstić information content (AvgIpc) is 2.08. The van der Waals surface area contributed by atoms with Crippen LogP contribution in [0.25, 0.3) is 0 Å². The molecule has 0 N–H and O–H groups in total. The van der Waals surface area contributed by atoms with E-state index in [4.69, 9.17) is 11.6 Å². The Kier molecular flexibility index (Phi) is 3.02. The number of nitro groups is 2.